The lowest BCUT2D eigenvalue weighted by Gasteiger charge is -2.19. The van der Waals surface area contributed by atoms with Crippen LogP contribution in [0, 0.1) is 0 Å². The number of thioether (sulfide) groups is 1. The molecule has 0 aliphatic carbocycles. The van der Waals surface area contributed by atoms with Crippen molar-refractivity contribution in [3.05, 3.63) is 64.7 Å². The molecule has 3 rings (SSSR count). The molecule has 0 bridgehead atoms. The fourth-order valence-corrected chi connectivity index (χ4v) is 4.51. The summed E-state index contributed by atoms with van der Waals surface area (Å²) in [6.45, 7) is 0.150. The van der Waals surface area contributed by atoms with Crippen LogP contribution in [0.5, 0.6) is 0 Å². The lowest BCUT2D eigenvalue weighted by atomic mass is 9.93. The van der Waals surface area contributed by atoms with E-state index in [4.69, 9.17) is 11.6 Å². The average Bonchev–Trinajstić information content (AvgIpc) is 2.88. The molecule has 104 valence electrons. The van der Waals surface area contributed by atoms with E-state index >= 15 is 0 Å². The Balaban J connectivity index is 1.73. The molecule has 1 nitrogen and oxygen atoms in total. The number of halogens is 1. The Morgan fingerprint density at radius 3 is 2.65 bits per heavy atom. The summed E-state index contributed by atoms with van der Waals surface area (Å²) in [5, 5.41) is 11.0. The first kappa shape index (κ1) is 14.0. The first-order valence-corrected chi connectivity index (χ1v) is 8.13. The van der Waals surface area contributed by atoms with Gasteiger partial charge in [0.05, 0.1) is 6.61 Å². The van der Waals surface area contributed by atoms with Crippen LogP contribution >= 0.6 is 23.4 Å². The average molecular weight is 305 g/mol. The molecule has 1 heterocycles. The van der Waals surface area contributed by atoms with Gasteiger partial charge >= 0.3 is 0 Å². The van der Waals surface area contributed by atoms with Gasteiger partial charge in [0.2, 0.25) is 0 Å². The van der Waals surface area contributed by atoms with E-state index in [-0.39, 0.29) is 12.5 Å². The van der Waals surface area contributed by atoms with Crippen LogP contribution in [-0.2, 0) is 6.42 Å². The summed E-state index contributed by atoms with van der Waals surface area (Å²) in [6, 6.07) is 16.4. The minimum absolute atomic E-state index is 0.121. The highest BCUT2D eigenvalue weighted by Gasteiger charge is 2.26. The van der Waals surface area contributed by atoms with Crippen LogP contribution in [-0.4, -0.2) is 17.0 Å². The maximum Gasteiger partial charge on any atom is 0.0500 e. The second-order valence-corrected chi connectivity index (χ2v) is 6.94. The van der Waals surface area contributed by atoms with Crippen LogP contribution in [0.25, 0.3) is 0 Å². The summed E-state index contributed by atoms with van der Waals surface area (Å²) in [5.74, 6) is 0.121. The molecule has 0 saturated heterocycles. The molecule has 0 spiro atoms. The van der Waals surface area contributed by atoms with Crippen molar-refractivity contribution in [3.8, 4) is 0 Å². The number of hydrogen-bond donors (Lipinski definition) is 1. The van der Waals surface area contributed by atoms with Gasteiger partial charge in [0.1, 0.15) is 0 Å². The van der Waals surface area contributed by atoms with E-state index in [1.807, 2.05) is 36.0 Å². The predicted octanol–water partition coefficient (Wildman–Crippen LogP) is 4.52. The Bertz CT molecular complexity index is 574. The first-order valence-electron chi connectivity index (χ1n) is 6.87. The Morgan fingerprint density at radius 1 is 1.15 bits per heavy atom. The van der Waals surface area contributed by atoms with Crippen molar-refractivity contribution in [2.24, 2.45) is 0 Å². The third-order valence-corrected chi connectivity index (χ3v) is 5.52. The van der Waals surface area contributed by atoms with E-state index in [2.05, 4.69) is 24.3 Å². The smallest absolute Gasteiger partial charge is 0.0500 e. The Hall–Kier alpha value is -0.960. The minimum Gasteiger partial charge on any atom is -0.396 e. The molecule has 20 heavy (non-hydrogen) atoms. The summed E-state index contributed by atoms with van der Waals surface area (Å²) in [4.78, 5) is 1.38. The van der Waals surface area contributed by atoms with Crippen molar-refractivity contribution in [2.75, 3.05) is 6.61 Å². The summed E-state index contributed by atoms with van der Waals surface area (Å²) in [7, 11) is 0. The number of fused-ring (bicyclic) bond motifs is 1. The highest BCUT2D eigenvalue weighted by atomic mass is 35.5. The number of benzene rings is 2. The second kappa shape index (κ2) is 6.21. The summed E-state index contributed by atoms with van der Waals surface area (Å²) in [6.07, 6.45) is 2.04. The Kier molecular flexibility index (Phi) is 4.35. The molecular formula is C17H17ClOS. The zero-order valence-electron chi connectivity index (χ0n) is 11.1. The molecule has 0 fully saturated rings. The SMILES string of the molecule is OCC(CC1Cc2ccccc2S1)c1ccccc1Cl. The van der Waals surface area contributed by atoms with Crippen molar-refractivity contribution in [3.63, 3.8) is 0 Å². The van der Waals surface area contributed by atoms with Crippen LogP contribution in [0.4, 0.5) is 0 Å². The van der Waals surface area contributed by atoms with Gasteiger partial charge in [0.15, 0.2) is 0 Å². The van der Waals surface area contributed by atoms with Crippen LogP contribution in [0.2, 0.25) is 5.02 Å². The van der Waals surface area contributed by atoms with E-state index in [9.17, 15) is 5.11 Å². The third-order valence-electron chi connectivity index (χ3n) is 3.83. The maximum atomic E-state index is 9.71. The van der Waals surface area contributed by atoms with Crippen molar-refractivity contribution in [1.29, 1.82) is 0 Å². The number of aliphatic hydroxyl groups is 1. The fraction of sp³-hybridized carbons (Fsp3) is 0.294. The van der Waals surface area contributed by atoms with Gasteiger partial charge in [-0.25, -0.2) is 0 Å². The van der Waals surface area contributed by atoms with Crippen molar-refractivity contribution in [1.82, 2.24) is 0 Å². The quantitative estimate of drug-likeness (QED) is 0.896. The Labute approximate surface area is 129 Å². The van der Waals surface area contributed by atoms with Crippen molar-refractivity contribution in [2.45, 2.75) is 28.9 Å². The first-order chi connectivity index (χ1) is 9.78. The lowest BCUT2D eigenvalue weighted by molar-refractivity contribution is 0.258. The number of hydrogen-bond acceptors (Lipinski definition) is 2. The highest BCUT2D eigenvalue weighted by Crippen LogP contribution is 2.41. The molecule has 1 aliphatic heterocycles. The van der Waals surface area contributed by atoms with Gasteiger partial charge in [-0.15, -0.1) is 11.8 Å². The van der Waals surface area contributed by atoms with E-state index in [0.717, 1.165) is 23.4 Å². The highest BCUT2D eigenvalue weighted by molar-refractivity contribution is 8.00. The van der Waals surface area contributed by atoms with Crippen LogP contribution in [0.3, 0.4) is 0 Å². The van der Waals surface area contributed by atoms with E-state index < -0.39 is 0 Å². The molecule has 2 atom stereocenters. The summed E-state index contributed by atoms with van der Waals surface area (Å²) >= 11 is 8.18. The second-order valence-electron chi connectivity index (χ2n) is 5.19. The topological polar surface area (TPSA) is 20.2 Å². The largest absolute Gasteiger partial charge is 0.396 e. The maximum absolute atomic E-state index is 9.71. The van der Waals surface area contributed by atoms with Crippen LogP contribution in [0.15, 0.2) is 53.4 Å². The monoisotopic (exact) mass is 304 g/mol. The fourth-order valence-electron chi connectivity index (χ4n) is 2.81. The molecule has 0 saturated carbocycles. The molecule has 3 heteroatoms. The van der Waals surface area contributed by atoms with Crippen LogP contribution < -0.4 is 0 Å². The Morgan fingerprint density at radius 2 is 1.90 bits per heavy atom. The van der Waals surface area contributed by atoms with Gasteiger partial charge in [0, 0.05) is 21.1 Å². The van der Waals surface area contributed by atoms with Crippen molar-refractivity contribution >= 4 is 23.4 Å². The van der Waals surface area contributed by atoms with Gasteiger partial charge in [0.25, 0.3) is 0 Å². The van der Waals surface area contributed by atoms with Gasteiger partial charge in [-0.2, -0.15) is 0 Å². The number of aliphatic hydroxyl groups excluding tert-OH is 1. The molecule has 2 aromatic carbocycles. The molecule has 0 aromatic heterocycles. The summed E-state index contributed by atoms with van der Waals surface area (Å²) in [5.41, 5.74) is 2.49. The normalized spacial score (nSPS) is 18.8. The lowest BCUT2D eigenvalue weighted by Crippen LogP contribution is -2.12. The third kappa shape index (κ3) is 2.88. The van der Waals surface area contributed by atoms with Gasteiger partial charge in [-0.1, -0.05) is 48.0 Å². The van der Waals surface area contributed by atoms with Gasteiger partial charge in [-0.05, 0) is 36.1 Å². The minimum atomic E-state index is 0.121. The molecule has 2 aromatic rings. The van der Waals surface area contributed by atoms with E-state index in [1.165, 1.54) is 10.5 Å². The van der Waals surface area contributed by atoms with Crippen LogP contribution in [0.1, 0.15) is 23.5 Å². The molecule has 1 N–H and O–H groups in total. The van der Waals surface area contributed by atoms with Gasteiger partial charge < -0.3 is 5.11 Å². The van der Waals surface area contributed by atoms with E-state index in [0.29, 0.717) is 5.25 Å². The molecular weight excluding hydrogens is 288 g/mol. The molecule has 0 amide bonds. The van der Waals surface area contributed by atoms with Crippen molar-refractivity contribution < 1.29 is 5.11 Å². The van der Waals surface area contributed by atoms with E-state index in [1.54, 1.807) is 0 Å². The summed E-state index contributed by atoms with van der Waals surface area (Å²) < 4.78 is 0. The zero-order valence-corrected chi connectivity index (χ0v) is 12.7. The zero-order chi connectivity index (χ0) is 13.9. The molecule has 0 radical (unpaired) electrons. The predicted molar refractivity (Wildman–Crippen MR) is 85.7 cm³/mol. The number of rotatable bonds is 4. The van der Waals surface area contributed by atoms with Gasteiger partial charge in [-0.3, -0.25) is 0 Å². The molecule has 1 aliphatic rings. The standard InChI is InChI=1S/C17H17ClOS/c18-16-7-3-2-6-15(16)13(11-19)10-14-9-12-5-1-4-8-17(12)20-14/h1-8,13-14,19H,9-11H2. The molecule has 2 unspecified atom stereocenters.